The van der Waals surface area contributed by atoms with E-state index in [1.54, 1.807) is 14.2 Å². The maximum atomic E-state index is 6.12. The standard InChI is InChI=1S/C18H19N3O3/c1-10-12(11-8-6-5-7-9-11)15(22-2)16(23-3)13-14(10)20-18(24-4)21-17(13)19/h5-9H,1-4H3,(H2,19,20,21). The van der Waals surface area contributed by atoms with Crippen molar-refractivity contribution in [2.45, 2.75) is 6.92 Å². The Labute approximate surface area is 140 Å². The Balaban J connectivity index is 2.50. The molecule has 3 rings (SSSR count). The number of aryl methyl sites for hydroxylation is 1. The van der Waals surface area contributed by atoms with Gasteiger partial charge in [-0.2, -0.15) is 9.97 Å². The number of ether oxygens (including phenoxy) is 3. The highest BCUT2D eigenvalue weighted by atomic mass is 16.5. The molecule has 6 nitrogen and oxygen atoms in total. The molecule has 0 radical (unpaired) electrons. The molecule has 124 valence electrons. The topological polar surface area (TPSA) is 79.5 Å². The fraction of sp³-hybridized carbons (Fsp3) is 0.222. The van der Waals surface area contributed by atoms with Gasteiger partial charge < -0.3 is 19.9 Å². The molecule has 0 unspecified atom stereocenters. The van der Waals surface area contributed by atoms with Crippen LogP contribution in [0.15, 0.2) is 30.3 Å². The average molecular weight is 325 g/mol. The van der Waals surface area contributed by atoms with Crippen LogP contribution in [-0.4, -0.2) is 31.3 Å². The first-order chi connectivity index (χ1) is 11.6. The molecule has 6 heteroatoms. The summed E-state index contributed by atoms with van der Waals surface area (Å²) >= 11 is 0. The minimum Gasteiger partial charge on any atom is -0.492 e. The second-order valence-corrected chi connectivity index (χ2v) is 5.25. The van der Waals surface area contributed by atoms with E-state index in [2.05, 4.69) is 9.97 Å². The molecule has 0 spiro atoms. The van der Waals surface area contributed by atoms with Gasteiger partial charge in [-0.15, -0.1) is 0 Å². The summed E-state index contributed by atoms with van der Waals surface area (Å²) in [5, 5.41) is 0.618. The smallest absolute Gasteiger partial charge is 0.318 e. The van der Waals surface area contributed by atoms with Crippen LogP contribution in [0.4, 0.5) is 5.82 Å². The molecule has 0 amide bonds. The van der Waals surface area contributed by atoms with Gasteiger partial charge in [0.25, 0.3) is 0 Å². The van der Waals surface area contributed by atoms with E-state index >= 15 is 0 Å². The number of fused-ring (bicyclic) bond motifs is 1. The summed E-state index contributed by atoms with van der Waals surface area (Å²) < 4.78 is 16.4. The lowest BCUT2D eigenvalue weighted by molar-refractivity contribution is 0.359. The van der Waals surface area contributed by atoms with Gasteiger partial charge in [0.1, 0.15) is 5.82 Å². The predicted octanol–water partition coefficient (Wildman–Crippen LogP) is 3.21. The predicted molar refractivity (Wildman–Crippen MR) is 93.8 cm³/mol. The third-order valence-corrected chi connectivity index (χ3v) is 3.96. The molecule has 2 N–H and O–H groups in total. The molecule has 0 saturated heterocycles. The summed E-state index contributed by atoms with van der Waals surface area (Å²) in [6, 6.07) is 10.1. The lowest BCUT2D eigenvalue weighted by Gasteiger charge is -2.19. The van der Waals surface area contributed by atoms with E-state index < -0.39 is 0 Å². The maximum Gasteiger partial charge on any atom is 0.318 e. The number of nitrogens with two attached hydrogens (primary N) is 1. The van der Waals surface area contributed by atoms with Crippen LogP contribution in [0.5, 0.6) is 17.5 Å². The lowest BCUT2D eigenvalue weighted by atomic mass is 9.95. The number of anilines is 1. The van der Waals surface area contributed by atoms with Gasteiger partial charge in [0.15, 0.2) is 11.5 Å². The molecule has 0 aliphatic carbocycles. The Kier molecular flexibility index (Phi) is 4.12. The molecular formula is C18H19N3O3. The van der Waals surface area contributed by atoms with E-state index in [1.807, 2.05) is 37.3 Å². The second-order valence-electron chi connectivity index (χ2n) is 5.25. The summed E-state index contributed by atoms with van der Waals surface area (Å²) in [4.78, 5) is 8.63. The first-order valence-electron chi connectivity index (χ1n) is 7.43. The lowest BCUT2D eigenvalue weighted by Crippen LogP contribution is -2.04. The summed E-state index contributed by atoms with van der Waals surface area (Å²) in [5.74, 6) is 1.40. The molecule has 0 aliphatic rings. The number of rotatable bonds is 4. The summed E-state index contributed by atoms with van der Waals surface area (Å²) in [7, 11) is 4.69. The average Bonchev–Trinajstić information content (AvgIpc) is 2.62. The Hall–Kier alpha value is -3.02. The van der Waals surface area contributed by atoms with E-state index in [0.29, 0.717) is 22.4 Å². The first-order valence-corrected chi connectivity index (χ1v) is 7.43. The van der Waals surface area contributed by atoms with Crippen molar-refractivity contribution in [1.29, 1.82) is 0 Å². The fourth-order valence-corrected chi connectivity index (χ4v) is 2.90. The van der Waals surface area contributed by atoms with Crippen molar-refractivity contribution < 1.29 is 14.2 Å². The van der Waals surface area contributed by atoms with Gasteiger partial charge in [0.05, 0.1) is 32.2 Å². The zero-order valence-electron chi connectivity index (χ0n) is 14.1. The Morgan fingerprint density at radius 3 is 2.12 bits per heavy atom. The quantitative estimate of drug-likeness (QED) is 0.793. The number of hydrogen-bond acceptors (Lipinski definition) is 6. The summed E-state index contributed by atoms with van der Waals surface area (Å²) in [6.07, 6.45) is 0. The number of nitrogens with zero attached hydrogens (tertiary/aromatic N) is 2. The van der Waals surface area contributed by atoms with Crippen LogP contribution in [-0.2, 0) is 0 Å². The van der Waals surface area contributed by atoms with Gasteiger partial charge in [0.2, 0.25) is 0 Å². The van der Waals surface area contributed by atoms with Crippen molar-refractivity contribution in [2.24, 2.45) is 0 Å². The molecule has 3 aromatic rings. The summed E-state index contributed by atoms with van der Waals surface area (Å²) in [5.41, 5.74) is 9.63. The number of nitrogen functional groups attached to an aromatic ring is 1. The number of benzene rings is 2. The molecule has 0 atom stereocenters. The molecule has 1 heterocycles. The maximum absolute atomic E-state index is 6.12. The van der Waals surface area contributed by atoms with E-state index in [0.717, 1.165) is 16.7 Å². The molecule has 0 bridgehead atoms. The zero-order chi connectivity index (χ0) is 17.3. The zero-order valence-corrected chi connectivity index (χ0v) is 14.1. The first kappa shape index (κ1) is 15.9. The molecular weight excluding hydrogens is 306 g/mol. The van der Waals surface area contributed by atoms with Gasteiger partial charge in [-0.1, -0.05) is 30.3 Å². The van der Waals surface area contributed by atoms with E-state index in [-0.39, 0.29) is 11.8 Å². The highest BCUT2D eigenvalue weighted by Crippen LogP contribution is 2.47. The van der Waals surface area contributed by atoms with Gasteiger partial charge in [-0.05, 0) is 18.1 Å². The molecule has 1 aromatic heterocycles. The van der Waals surface area contributed by atoms with Crippen molar-refractivity contribution in [2.75, 3.05) is 27.1 Å². The molecule has 2 aromatic carbocycles. The fourth-order valence-electron chi connectivity index (χ4n) is 2.90. The highest BCUT2D eigenvalue weighted by Gasteiger charge is 2.24. The highest BCUT2D eigenvalue weighted by molar-refractivity contribution is 6.03. The Morgan fingerprint density at radius 2 is 1.54 bits per heavy atom. The van der Waals surface area contributed by atoms with Crippen LogP contribution in [0.1, 0.15) is 5.56 Å². The normalized spacial score (nSPS) is 10.7. The second kappa shape index (κ2) is 6.23. The molecule has 0 saturated carbocycles. The van der Waals surface area contributed by atoms with Crippen molar-refractivity contribution in [3.63, 3.8) is 0 Å². The number of hydrogen-bond donors (Lipinski definition) is 1. The third kappa shape index (κ3) is 2.36. The summed E-state index contributed by atoms with van der Waals surface area (Å²) in [6.45, 7) is 1.97. The van der Waals surface area contributed by atoms with Crippen molar-refractivity contribution in [1.82, 2.24) is 9.97 Å². The molecule has 0 aliphatic heterocycles. The monoisotopic (exact) mass is 325 g/mol. The van der Waals surface area contributed by atoms with Crippen LogP contribution in [0.25, 0.3) is 22.0 Å². The number of methoxy groups -OCH3 is 3. The van der Waals surface area contributed by atoms with Gasteiger partial charge in [-0.3, -0.25) is 0 Å². The van der Waals surface area contributed by atoms with Gasteiger partial charge in [-0.25, -0.2) is 0 Å². The SMILES string of the molecule is COc1nc(N)c2c(OC)c(OC)c(-c3ccccc3)c(C)c2n1. The van der Waals surface area contributed by atoms with Gasteiger partial charge in [0, 0.05) is 5.56 Å². The third-order valence-electron chi connectivity index (χ3n) is 3.96. The van der Waals surface area contributed by atoms with Crippen LogP contribution in [0.2, 0.25) is 0 Å². The minimum absolute atomic E-state index is 0.217. The Bertz CT molecular complexity index is 895. The Morgan fingerprint density at radius 1 is 0.875 bits per heavy atom. The van der Waals surface area contributed by atoms with Crippen LogP contribution < -0.4 is 19.9 Å². The van der Waals surface area contributed by atoms with Crippen LogP contribution >= 0.6 is 0 Å². The minimum atomic E-state index is 0.217. The van der Waals surface area contributed by atoms with E-state index in [1.165, 1.54) is 7.11 Å². The van der Waals surface area contributed by atoms with Gasteiger partial charge >= 0.3 is 6.01 Å². The van der Waals surface area contributed by atoms with Crippen molar-refractivity contribution in [3.8, 4) is 28.6 Å². The molecule has 24 heavy (non-hydrogen) atoms. The largest absolute Gasteiger partial charge is 0.492 e. The van der Waals surface area contributed by atoms with Crippen molar-refractivity contribution >= 4 is 16.7 Å². The van der Waals surface area contributed by atoms with Crippen molar-refractivity contribution in [3.05, 3.63) is 35.9 Å². The van der Waals surface area contributed by atoms with E-state index in [9.17, 15) is 0 Å². The number of aromatic nitrogens is 2. The van der Waals surface area contributed by atoms with Crippen LogP contribution in [0.3, 0.4) is 0 Å². The van der Waals surface area contributed by atoms with E-state index in [4.69, 9.17) is 19.9 Å². The van der Waals surface area contributed by atoms with Crippen LogP contribution in [0, 0.1) is 6.92 Å². The molecule has 0 fully saturated rings.